The van der Waals surface area contributed by atoms with E-state index in [4.69, 9.17) is 9.47 Å². The fraction of sp³-hybridized carbons (Fsp3) is 0.333. The Kier molecular flexibility index (Phi) is 7.23. The van der Waals surface area contributed by atoms with Crippen LogP contribution in [0.15, 0.2) is 48.5 Å². The summed E-state index contributed by atoms with van der Waals surface area (Å²) in [5.74, 6) is 0.661. The Morgan fingerprint density at radius 1 is 1.15 bits per heavy atom. The topological polar surface area (TPSA) is 67.9 Å². The monoisotopic (exact) mass is 370 g/mol. The van der Waals surface area contributed by atoms with Gasteiger partial charge in [-0.1, -0.05) is 24.3 Å². The molecular formula is C21H26N2O4. The molecule has 6 nitrogen and oxygen atoms in total. The maximum atomic E-state index is 12.7. The van der Waals surface area contributed by atoms with Crippen LogP contribution in [0.3, 0.4) is 0 Å². The molecule has 0 saturated heterocycles. The van der Waals surface area contributed by atoms with Crippen LogP contribution in [0.25, 0.3) is 0 Å². The molecule has 0 saturated carbocycles. The largest absolute Gasteiger partial charge is 0.495 e. The Hall–Kier alpha value is -3.02. The van der Waals surface area contributed by atoms with Crippen molar-refractivity contribution in [1.82, 2.24) is 4.90 Å². The number of nitrogens with zero attached hydrogens (tertiary/aromatic N) is 1. The highest BCUT2D eigenvalue weighted by Gasteiger charge is 2.23. The van der Waals surface area contributed by atoms with Gasteiger partial charge in [0.25, 0.3) is 5.91 Å². The van der Waals surface area contributed by atoms with Gasteiger partial charge in [-0.25, -0.2) is 0 Å². The Bertz CT molecular complexity index is 791. The number of hydrogen-bond donors (Lipinski definition) is 1. The van der Waals surface area contributed by atoms with E-state index in [1.54, 1.807) is 31.2 Å². The van der Waals surface area contributed by atoms with Crippen LogP contribution in [0, 0.1) is 6.92 Å². The summed E-state index contributed by atoms with van der Waals surface area (Å²) in [5, 5.41) is 2.78. The van der Waals surface area contributed by atoms with E-state index >= 15 is 0 Å². The summed E-state index contributed by atoms with van der Waals surface area (Å²) in [6.45, 7) is 5.81. The molecule has 2 rings (SSSR count). The molecule has 0 aliphatic carbocycles. The zero-order chi connectivity index (χ0) is 19.8. The lowest BCUT2D eigenvalue weighted by Gasteiger charge is -2.24. The molecule has 0 unspecified atom stereocenters. The number of ether oxygens (including phenoxy) is 2. The molecule has 0 fully saturated rings. The highest BCUT2D eigenvalue weighted by atomic mass is 16.5. The van der Waals surface area contributed by atoms with E-state index in [1.807, 2.05) is 38.1 Å². The minimum absolute atomic E-state index is 0.0606. The van der Waals surface area contributed by atoms with E-state index in [1.165, 1.54) is 12.0 Å². The quantitative estimate of drug-likeness (QED) is 0.774. The fourth-order valence-corrected chi connectivity index (χ4v) is 2.66. The smallest absolute Gasteiger partial charge is 0.263 e. The van der Waals surface area contributed by atoms with Crippen LogP contribution in [0.4, 0.5) is 5.69 Å². The number of carbonyl (C=O) groups is 2. The number of nitrogens with one attached hydrogen (secondary N) is 1. The van der Waals surface area contributed by atoms with Crippen LogP contribution in [-0.2, 0) is 9.59 Å². The van der Waals surface area contributed by atoms with Gasteiger partial charge in [0, 0.05) is 6.54 Å². The number of aryl methyl sites for hydroxylation is 1. The van der Waals surface area contributed by atoms with Gasteiger partial charge in [-0.15, -0.1) is 0 Å². The lowest BCUT2D eigenvalue weighted by Crippen LogP contribution is -2.44. The Morgan fingerprint density at radius 3 is 2.56 bits per heavy atom. The maximum Gasteiger partial charge on any atom is 0.263 e. The summed E-state index contributed by atoms with van der Waals surface area (Å²) in [6.07, 6.45) is -0.689. The van der Waals surface area contributed by atoms with Crippen LogP contribution in [0.5, 0.6) is 11.5 Å². The van der Waals surface area contributed by atoms with Crippen LogP contribution in [0.1, 0.15) is 19.4 Å². The third kappa shape index (κ3) is 5.74. The van der Waals surface area contributed by atoms with Gasteiger partial charge in [-0.2, -0.15) is 0 Å². The minimum atomic E-state index is -0.689. The van der Waals surface area contributed by atoms with Crippen molar-refractivity contribution in [3.63, 3.8) is 0 Å². The van der Waals surface area contributed by atoms with E-state index in [2.05, 4.69) is 5.32 Å². The predicted molar refractivity (Wildman–Crippen MR) is 105 cm³/mol. The summed E-state index contributed by atoms with van der Waals surface area (Å²) >= 11 is 0. The van der Waals surface area contributed by atoms with Crippen LogP contribution in [0.2, 0.25) is 0 Å². The minimum Gasteiger partial charge on any atom is -0.495 e. The summed E-state index contributed by atoms with van der Waals surface area (Å²) in [7, 11) is 1.54. The maximum absolute atomic E-state index is 12.7. The third-order valence-corrected chi connectivity index (χ3v) is 4.06. The zero-order valence-corrected chi connectivity index (χ0v) is 16.2. The van der Waals surface area contributed by atoms with Crippen molar-refractivity contribution in [2.24, 2.45) is 0 Å². The number of hydrogen-bond acceptors (Lipinski definition) is 4. The number of rotatable bonds is 8. The van der Waals surface area contributed by atoms with E-state index in [0.29, 0.717) is 23.7 Å². The number of para-hydroxylation sites is 2. The predicted octanol–water partition coefficient (Wildman–Crippen LogP) is 3.26. The number of amides is 2. The highest BCUT2D eigenvalue weighted by molar-refractivity contribution is 5.96. The molecule has 1 atom stereocenters. The molecule has 2 amide bonds. The molecule has 2 aromatic rings. The summed E-state index contributed by atoms with van der Waals surface area (Å²) < 4.78 is 11.0. The molecule has 0 spiro atoms. The Labute approximate surface area is 160 Å². The van der Waals surface area contributed by atoms with Crippen molar-refractivity contribution < 1.29 is 19.1 Å². The number of carbonyl (C=O) groups excluding carboxylic acids is 2. The van der Waals surface area contributed by atoms with Gasteiger partial charge in [-0.3, -0.25) is 9.59 Å². The van der Waals surface area contributed by atoms with Crippen molar-refractivity contribution in [1.29, 1.82) is 0 Å². The summed E-state index contributed by atoms with van der Waals surface area (Å²) in [6, 6.07) is 14.6. The molecule has 0 bridgehead atoms. The first-order valence-electron chi connectivity index (χ1n) is 8.89. The highest BCUT2D eigenvalue weighted by Crippen LogP contribution is 2.23. The summed E-state index contributed by atoms with van der Waals surface area (Å²) in [4.78, 5) is 26.5. The SMILES string of the molecule is CCN(CC(=O)Nc1ccccc1OC)C(=O)[C@H](C)Oc1cccc(C)c1. The Morgan fingerprint density at radius 2 is 1.89 bits per heavy atom. The van der Waals surface area contributed by atoms with Crippen molar-refractivity contribution in [3.05, 3.63) is 54.1 Å². The van der Waals surface area contributed by atoms with Crippen LogP contribution >= 0.6 is 0 Å². The van der Waals surface area contributed by atoms with Gasteiger partial charge in [-0.05, 0) is 50.6 Å². The lowest BCUT2D eigenvalue weighted by atomic mass is 10.2. The molecule has 144 valence electrons. The first kappa shape index (κ1) is 20.3. The molecule has 1 N–H and O–H groups in total. The molecule has 0 aliphatic heterocycles. The lowest BCUT2D eigenvalue weighted by molar-refractivity contribution is -0.140. The van der Waals surface area contributed by atoms with E-state index in [9.17, 15) is 9.59 Å². The molecule has 0 aromatic heterocycles. The van der Waals surface area contributed by atoms with Crippen molar-refractivity contribution >= 4 is 17.5 Å². The third-order valence-electron chi connectivity index (χ3n) is 4.06. The second kappa shape index (κ2) is 9.62. The molecule has 6 heteroatoms. The van der Waals surface area contributed by atoms with Crippen LogP contribution < -0.4 is 14.8 Å². The van der Waals surface area contributed by atoms with E-state index in [0.717, 1.165) is 5.56 Å². The molecule has 0 radical (unpaired) electrons. The molecule has 2 aromatic carbocycles. The van der Waals surface area contributed by atoms with Gasteiger partial charge in [0.15, 0.2) is 6.10 Å². The van der Waals surface area contributed by atoms with Crippen molar-refractivity contribution in [2.45, 2.75) is 26.9 Å². The molecule has 0 heterocycles. The van der Waals surface area contributed by atoms with Gasteiger partial charge >= 0.3 is 0 Å². The average Bonchev–Trinajstić information content (AvgIpc) is 2.66. The standard InChI is InChI=1S/C21H26N2O4/c1-5-23(14-20(24)22-18-11-6-7-12-19(18)26-4)21(25)16(3)27-17-10-8-9-15(2)13-17/h6-13,16H,5,14H2,1-4H3,(H,22,24)/t16-/m0/s1. The van der Waals surface area contributed by atoms with E-state index < -0.39 is 6.10 Å². The van der Waals surface area contributed by atoms with Gasteiger partial charge < -0.3 is 19.7 Å². The van der Waals surface area contributed by atoms with Crippen LogP contribution in [-0.4, -0.2) is 43.0 Å². The fourth-order valence-electron chi connectivity index (χ4n) is 2.66. The number of anilines is 1. The van der Waals surface area contributed by atoms with Gasteiger partial charge in [0.05, 0.1) is 19.3 Å². The van der Waals surface area contributed by atoms with Gasteiger partial charge in [0.1, 0.15) is 11.5 Å². The summed E-state index contributed by atoms with van der Waals surface area (Å²) in [5.41, 5.74) is 1.62. The van der Waals surface area contributed by atoms with Crippen molar-refractivity contribution in [2.75, 3.05) is 25.5 Å². The molecule has 0 aliphatic rings. The number of methoxy groups -OCH3 is 1. The van der Waals surface area contributed by atoms with Crippen molar-refractivity contribution in [3.8, 4) is 11.5 Å². The first-order valence-corrected chi connectivity index (χ1v) is 8.89. The molecular weight excluding hydrogens is 344 g/mol. The second-order valence-electron chi connectivity index (χ2n) is 6.18. The second-order valence-corrected chi connectivity index (χ2v) is 6.18. The Balaban J connectivity index is 1.98. The van der Waals surface area contributed by atoms with Gasteiger partial charge in [0.2, 0.25) is 5.91 Å². The average molecular weight is 370 g/mol. The number of benzene rings is 2. The molecule has 27 heavy (non-hydrogen) atoms. The zero-order valence-electron chi connectivity index (χ0n) is 16.2. The van der Waals surface area contributed by atoms with E-state index in [-0.39, 0.29) is 18.4 Å². The normalized spacial score (nSPS) is 11.4. The number of likely N-dealkylation sites (N-methyl/N-ethyl adjacent to an activating group) is 1. The first-order chi connectivity index (χ1) is 12.9.